The van der Waals surface area contributed by atoms with Crippen molar-refractivity contribution in [2.24, 2.45) is 7.05 Å². The summed E-state index contributed by atoms with van der Waals surface area (Å²) in [5.74, 6) is 1.04. The van der Waals surface area contributed by atoms with E-state index in [0.717, 1.165) is 31.0 Å². The van der Waals surface area contributed by atoms with Crippen molar-refractivity contribution < 1.29 is 4.74 Å². The van der Waals surface area contributed by atoms with Gasteiger partial charge in [0.15, 0.2) is 0 Å². The molecule has 4 nitrogen and oxygen atoms in total. The molecule has 0 amide bonds. The molecule has 1 aliphatic heterocycles. The summed E-state index contributed by atoms with van der Waals surface area (Å²) in [5, 5.41) is 7.96. The number of hydrogen-bond donors (Lipinski definition) is 1. The van der Waals surface area contributed by atoms with Crippen LogP contribution in [0.15, 0.2) is 18.2 Å². The molecule has 0 spiro atoms. The van der Waals surface area contributed by atoms with E-state index in [4.69, 9.17) is 4.74 Å². The molecule has 3 rings (SSSR count). The van der Waals surface area contributed by atoms with Crippen molar-refractivity contribution in [3.05, 3.63) is 46.3 Å². The molecule has 1 aromatic carbocycles. The van der Waals surface area contributed by atoms with E-state index in [1.165, 1.54) is 22.4 Å². The van der Waals surface area contributed by atoms with Gasteiger partial charge in [0, 0.05) is 37.8 Å². The van der Waals surface area contributed by atoms with Crippen LogP contribution in [0.1, 0.15) is 28.1 Å². The van der Waals surface area contributed by atoms with Gasteiger partial charge in [0.1, 0.15) is 11.9 Å². The van der Waals surface area contributed by atoms with Crippen molar-refractivity contribution in [3.8, 4) is 5.75 Å². The Bertz CT molecular complexity index is 660. The highest BCUT2D eigenvalue weighted by Gasteiger charge is 2.22. The molecule has 1 N–H and O–H groups in total. The number of aryl methyl sites for hydroxylation is 3. The first kappa shape index (κ1) is 14.1. The Morgan fingerprint density at radius 1 is 1.33 bits per heavy atom. The van der Waals surface area contributed by atoms with Crippen molar-refractivity contribution in [1.82, 2.24) is 15.1 Å². The average molecular weight is 285 g/mol. The number of nitrogens with one attached hydrogen (secondary N) is 1. The lowest BCUT2D eigenvalue weighted by molar-refractivity contribution is 0.227. The maximum Gasteiger partial charge on any atom is 0.123 e. The molecule has 0 aliphatic carbocycles. The molecule has 1 unspecified atom stereocenters. The molecule has 0 saturated heterocycles. The molecule has 2 heterocycles. The van der Waals surface area contributed by atoms with E-state index in [-0.39, 0.29) is 6.10 Å². The standard InChI is InChI=1S/C17H23N3O/c1-11-5-6-17-14(7-11)8-15(21-17)9-18-10-16-12(2)19-20(4)13(16)3/h5-7,15,18H,8-10H2,1-4H3. The topological polar surface area (TPSA) is 39.1 Å². The van der Waals surface area contributed by atoms with E-state index in [0.29, 0.717) is 0 Å². The molecule has 1 aromatic heterocycles. The van der Waals surface area contributed by atoms with E-state index in [2.05, 4.69) is 49.4 Å². The number of fused-ring (bicyclic) bond motifs is 1. The van der Waals surface area contributed by atoms with Crippen molar-refractivity contribution >= 4 is 0 Å². The van der Waals surface area contributed by atoms with Crippen LogP contribution in [0.5, 0.6) is 5.75 Å². The minimum absolute atomic E-state index is 0.235. The summed E-state index contributed by atoms with van der Waals surface area (Å²) in [6.45, 7) is 8.01. The Kier molecular flexibility index (Phi) is 3.72. The van der Waals surface area contributed by atoms with Crippen LogP contribution < -0.4 is 10.1 Å². The maximum absolute atomic E-state index is 5.98. The van der Waals surface area contributed by atoms with Gasteiger partial charge in [-0.25, -0.2) is 0 Å². The quantitative estimate of drug-likeness (QED) is 0.938. The highest BCUT2D eigenvalue weighted by Crippen LogP contribution is 2.29. The highest BCUT2D eigenvalue weighted by atomic mass is 16.5. The minimum atomic E-state index is 0.235. The van der Waals surface area contributed by atoms with Gasteiger partial charge in [-0.05, 0) is 32.4 Å². The summed E-state index contributed by atoms with van der Waals surface area (Å²) < 4.78 is 7.92. The van der Waals surface area contributed by atoms with Gasteiger partial charge in [-0.3, -0.25) is 4.68 Å². The third-order valence-electron chi connectivity index (χ3n) is 4.29. The van der Waals surface area contributed by atoms with Gasteiger partial charge in [0.05, 0.1) is 5.69 Å². The second-order valence-corrected chi connectivity index (χ2v) is 5.96. The molecule has 2 aromatic rings. The SMILES string of the molecule is Cc1ccc2c(c1)CC(CNCc1c(C)nn(C)c1C)O2. The monoisotopic (exact) mass is 285 g/mol. The van der Waals surface area contributed by atoms with Gasteiger partial charge in [-0.15, -0.1) is 0 Å². The summed E-state index contributed by atoms with van der Waals surface area (Å²) in [6.07, 6.45) is 1.23. The van der Waals surface area contributed by atoms with Crippen LogP contribution in [0.2, 0.25) is 0 Å². The molecule has 1 atom stereocenters. The third kappa shape index (κ3) is 2.81. The maximum atomic E-state index is 5.98. The lowest BCUT2D eigenvalue weighted by atomic mass is 10.1. The Morgan fingerprint density at radius 2 is 2.14 bits per heavy atom. The number of aromatic nitrogens is 2. The normalized spacial score (nSPS) is 16.9. The van der Waals surface area contributed by atoms with Gasteiger partial charge in [-0.1, -0.05) is 17.7 Å². The van der Waals surface area contributed by atoms with Crippen LogP contribution in [0, 0.1) is 20.8 Å². The molecule has 1 aliphatic rings. The molecule has 21 heavy (non-hydrogen) atoms. The molecule has 4 heteroatoms. The van der Waals surface area contributed by atoms with Crippen LogP contribution in [-0.4, -0.2) is 22.4 Å². The van der Waals surface area contributed by atoms with Gasteiger partial charge < -0.3 is 10.1 Å². The van der Waals surface area contributed by atoms with E-state index >= 15 is 0 Å². The van der Waals surface area contributed by atoms with Gasteiger partial charge in [0.2, 0.25) is 0 Å². The predicted octanol–water partition coefficient (Wildman–Crippen LogP) is 2.44. The minimum Gasteiger partial charge on any atom is -0.488 e. The first-order chi connectivity index (χ1) is 10.0. The Hall–Kier alpha value is -1.81. The highest BCUT2D eigenvalue weighted by molar-refractivity contribution is 5.40. The van der Waals surface area contributed by atoms with Gasteiger partial charge in [-0.2, -0.15) is 5.10 Å². The van der Waals surface area contributed by atoms with Crippen LogP contribution in [-0.2, 0) is 20.0 Å². The van der Waals surface area contributed by atoms with E-state index in [1.807, 2.05) is 11.7 Å². The van der Waals surface area contributed by atoms with Crippen molar-refractivity contribution in [2.75, 3.05) is 6.54 Å². The third-order valence-corrected chi connectivity index (χ3v) is 4.29. The molecular weight excluding hydrogens is 262 g/mol. The summed E-state index contributed by atoms with van der Waals surface area (Å²) >= 11 is 0. The summed E-state index contributed by atoms with van der Waals surface area (Å²) in [5.41, 5.74) is 6.26. The van der Waals surface area contributed by atoms with E-state index in [9.17, 15) is 0 Å². The fraction of sp³-hybridized carbons (Fsp3) is 0.471. The van der Waals surface area contributed by atoms with Crippen molar-refractivity contribution in [2.45, 2.75) is 39.8 Å². The zero-order chi connectivity index (χ0) is 15.0. The second kappa shape index (κ2) is 5.53. The zero-order valence-electron chi connectivity index (χ0n) is 13.2. The van der Waals surface area contributed by atoms with Crippen LogP contribution >= 0.6 is 0 Å². The molecule has 0 radical (unpaired) electrons. The van der Waals surface area contributed by atoms with E-state index < -0.39 is 0 Å². The lowest BCUT2D eigenvalue weighted by Crippen LogP contribution is -2.30. The number of ether oxygens (including phenoxy) is 1. The largest absolute Gasteiger partial charge is 0.488 e. The Morgan fingerprint density at radius 3 is 2.86 bits per heavy atom. The number of nitrogens with zero attached hydrogens (tertiary/aromatic N) is 2. The van der Waals surface area contributed by atoms with Crippen LogP contribution in [0.4, 0.5) is 0 Å². The number of rotatable bonds is 4. The van der Waals surface area contributed by atoms with Crippen molar-refractivity contribution in [1.29, 1.82) is 0 Å². The Labute approximate surface area is 126 Å². The average Bonchev–Trinajstić information content (AvgIpc) is 2.93. The summed E-state index contributed by atoms with van der Waals surface area (Å²) in [4.78, 5) is 0. The lowest BCUT2D eigenvalue weighted by Gasteiger charge is -2.12. The van der Waals surface area contributed by atoms with Gasteiger partial charge >= 0.3 is 0 Å². The van der Waals surface area contributed by atoms with Crippen LogP contribution in [0.3, 0.4) is 0 Å². The van der Waals surface area contributed by atoms with E-state index in [1.54, 1.807) is 0 Å². The Balaban J connectivity index is 1.56. The van der Waals surface area contributed by atoms with Gasteiger partial charge in [0.25, 0.3) is 0 Å². The smallest absolute Gasteiger partial charge is 0.123 e. The number of benzene rings is 1. The summed E-state index contributed by atoms with van der Waals surface area (Å²) in [7, 11) is 1.99. The fourth-order valence-corrected chi connectivity index (χ4v) is 2.99. The first-order valence-corrected chi connectivity index (χ1v) is 7.50. The number of hydrogen-bond acceptors (Lipinski definition) is 3. The van der Waals surface area contributed by atoms with Crippen LogP contribution in [0.25, 0.3) is 0 Å². The second-order valence-electron chi connectivity index (χ2n) is 5.96. The molecule has 0 fully saturated rings. The molecular formula is C17H23N3O. The predicted molar refractivity (Wildman–Crippen MR) is 83.7 cm³/mol. The fourth-order valence-electron chi connectivity index (χ4n) is 2.99. The summed E-state index contributed by atoms with van der Waals surface area (Å²) in [6, 6.07) is 6.42. The molecule has 0 saturated carbocycles. The first-order valence-electron chi connectivity index (χ1n) is 7.50. The molecule has 112 valence electrons. The molecule has 0 bridgehead atoms. The van der Waals surface area contributed by atoms with Crippen molar-refractivity contribution in [3.63, 3.8) is 0 Å². The zero-order valence-corrected chi connectivity index (χ0v) is 13.2.